The maximum Gasteiger partial charge on any atom is 0.297 e. The zero-order valence-corrected chi connectivity index (χ0v) is 19.1. The molecule has 5 rings (SSSR count). The summed E-state index contributed by atoms with van der Waals surface area (Å²) in [5.41, 5.74) is 3.84. The zero-order valence-electron chi connectivity index (χ0n) is 19.1. The molecule has 170 valence electrons. The Morgan fingerprint density at radius 3 is 2.38 bits per heavy atom. The number of anilines is 1. The molecular formula is C27H24N4O3. The standard InChI is InChI=1S/C27H24N4O3/c1-17-10-9-13-19(16-17)23(18-11-5-4-6-12-18)30(2)27-29-22(24(32)26(33)31(27)3)25-28-20-14-7-8-15-21(20)34-25/h4-16,23,32H,1-3H3. The van der Waals surface area contributed by atoms with Crippen LogP contribution in [0.3, 0.4) is 0 Å². The second-order valence-electron chi connectivity index (χ2n) is 8.30. The van der Waals surface area contributed by atoms with Gasteiger partial charge in [0.15, 0.2) is 11.3 Å². The molecule has 2 aromatic heterocycles. The first-order valence-electron chi connectivity index (χ1n) is 10.9. The van der Waals surface area contributed by atoms with E-state index in [-0.39, 0.29) is 17.6 Å². The van der Waals surface area contributed by atoms with Gasteiger partial charge in [-0.2, -0.15) is 0 Å². The maximum absolute atomic E-state index is 13.0. The van der Waals surface area contributed by atoms with Gasteiger partial charge in [-0.1, -0.05) is 72.3 Å². The number of oxazole rings is 1. The molecule has 0 amide bonds. The van der Waals surface area contributed by atoms with Gasteiger partial charge in [0.1, 0.15) is 5.52 Å². The third kappa shape index (κ3) is 3.71. The van der Waals surface area contributed by atoms with E-state index in [1.807, 2.05) is 73.5 Å². The van der Waals surface area contributed by atoms with Gasteiger partial charge in [-0.3, -0.25) is 9.36 Å². The average molecular weight is 453 g/mol. The average Bonchev–Trinajstić information content (AvgIpc) is 3.27. The van der Waals surface area contributed by atoms with E-state index in [9.17, 15) is 9.90 Å². The first-order valence-corrected chi connectivity index (χ1v) is 10.9. The number of aryl methyl sites for hydroxylation is 1. The first kappa shape index (κ1) is 21.5. The largest absolute Gasteiger partial charge is 0.501 e. The van der Waals surface area contributed by atoms with Gasteiger partial charge in [0.25, 0.3) is 11.4 Å². The Balaban J connectivity index is 1.69. The van der Waals surface area contributed by atoms with Crippen LogP contribution >= 0.6 is 0 Å². The normalized spacial score (nSPS) is 12.1. The van der Waals surface area contributed by atoms with Gasteiger partial charge in [0.05, 0.1) is 6.04 Å². The van der Waals surface area contributed by atoms with Crippen LogP contribution in [0.4, 0.5) is 5.95 Å². The fourth-order valence-corrected chi connectivity index (χ4v) is 4.25. The monoisotopic (exact) mass is 452 g/mol. The second kappa shape index (κ2) is 8.51. The highest BCUT2D eigenvalue weighted by atomic mass is 16.4. The molecule has 7 heteroatoms. The molecule has 0 bridgehead atoms. The molecule has 0 fully saturated rings. The molecule has 1 atom stereocenters. The molecule has 0 aliphatic rings. The fraction of sp³-hybridized carbons (Fsp3) is 0.148. The summed E-state index contributed by atoms with van der Waals surface area (Å²) in [6.45, 7) is 2.05. The van der Waals surface area contributed by atoms with Gasteiger partial charge in [-0.05, 0) is 30.2 Å². The van der Waals surface area contributed by atoms with E-state index in [0.717, 1.165) is 16.7 Å². The van der Waals surface area contributed by atoms with Gasteiger partial charge < -0.3 is 14.4 Å². The number of fused-ring (bicyclic) bond motifs is 1. The number of aromatic nitrogens is 3. The van der Waals surface area contributed by atoms with Crippen molar-refractivity contribution < 1.29 is 9.52 Å². The van der Waals surface area contributed by atoms with E-state index >= 15 is 0 Å². The summed E-state index contributed by atoms with van der Waals surface area (Å²) in [7, 11) is 3.48. The summed E-state index contributed by atoms with van der Waals surface area (Å²) in [6.07, 6.45) is 0. The Hall–Kier alpha value is -4.39. The van der Waals surface area contributed by atoms with E-state index in [4.69, 9.17) is 4.42 Å². The Morgan fingerprint density at radius 2 is 1.65 bits per heavy atom. The lowest BCUT2D eigenvalue weighted by atomic mass is 9.96. The SMILES string of the molecule is Cc1cccc(C(c2ccccc2)N(C)c2nc(-c3nc4ccccc4o3)c(O)c(=O)n2C)c1. The predicted molar refractivity (Wildman–Crippen MR) is 132 cm³/mol. The highest BCUT2D eigenvalue weighted by Crippen LogP contribution is 2.34. The number of nitrogens with zero attached hydrogens (tertiary/aromatic N) is 4. The Kier molecular flexibility index (Phi) is 5.37. The van der Waals surface area contributed by atoms with Crippen LogP contribution in [0.5, 0.6) is 5.75 Å². The number of rotatable bonds is 5. The van der Waals surface area contributed by atoms with E-state index < -0.39 is 11.3 Å². The van der Waals surface area contributed by atoms with Gasteiger partial charge in [-0.15, -0.1) is 0 Å². The fourth-order valence-electron chi connectivity index (χ4n) is 4.25. The molecule has 7 nitrogen and oxygen atoms in total. The minimum atomic E-state index is -0.579. The minimum absolute atomic E-state index is 0.0113. The van der Waals surface area contributed by atoms with Crippen molar-refractivity contribution >= 4 is 17.0 Å². The number of benzene rings is 3. The second-order valence-corrected chi connectivity index (χ2v) is 8.30. The molecular weight excluding hydrogens is 428 g/mol. The van der Waals surface area contributed by atoms with Crippen LogP contribution in [-0.2, 0) is 7.05 Å². The van der Waals surface area contributed by atoms with Crippen molar-refractivity contribution in [2.45, 2.75) is 13.0 Å². The smallest absolute Gasteiger partial charge is 0.297 e. The molecule has 3 aromatic carbocycles. The van der Waals surface area contributed by atoms with E-state index in [1.165, 1.54) is 4.57 Å². The van der Waals surface area contributed by atoms with Gasteiger partial charge in [0.2, 0.25) is 11.7 Å². The molecule has 0 saturated carbocycles. The Labute approximate surface area is 196 Å². The molecule has 0 saturated heterocycles. The zero-order chi connectivity index (χ0) is 23.8. The lowest BCUT2D eigenvalue weighted by Gasteiger charge is -2.31. The lowest BCUT2D eigenvalue weighted by Crippen LogP contribution is -2.32. The highest BCUT2D eigenvalue weighted by Gasteiger charge is 2.27. The van der Waals surface area contributed by atoms with Gasteiger partial charge >= 0.3 is 0 Å². The van der Waals surface area contributed by atoms with Gasteiger partial charge in [0, 0.05) is 14.1 Å². The van der Waals surface area contributed by atoms with Crippen LogP contribution < -0.4 is 10.5 Å². The Bertz CT molecular complexity index is 1510. The van der Waals surface area contributed by atoms with E-state index in [1.54, 1.807) is 19.2 Å². The third-order valence-electron chi connectivity index (χ3n) is 5.92. The van der Waals surface area contributed by atoms with E-state index in [2.05, 4.69) is 22.1 Å². The predicted octanol–water partition coefficient (Wildman–Crippen LogP) is 4.83. The quantitative estimate of drug-likeness (QED) is 0.411. The summed E-state index contributed by atoms with van der Waals surface area (Å²) >= 11 is 0. The summed E-state index contributed by atoms with van der Waals surface area (Å²) in [6, 6.07) is 25.3. The molecule has 0 aliphatic heterocycles. The maximum atomic E-state index is 13.0. The molecule has 1 N–H and O–H groups in total. The number of hydrogen-bond donors (Lipinski definition) is 1. The van der Waals surface area contributed by atoms with Crippen molar-refractivity contribution in [2.75, 3.05) is 11.9 Å². The lowest BCUT2D eigenvalue weighted by molar-refractivity contribution is 0.455. The summed E-state index contributed by atoms with van der Waals surface area (Å²) in [5.74, 6) is -0.0358. The van der Waals surface area contributed by atoms with Crippen LogP contribution in [-0.4, -0.2) is 26.7 Å². The molecule has 1 unspecified atom stereocenters. The van der Waals surface area contributed by atoms with Crippen LogP contribution in [0.1, 0.15) is 22.7 Å². The highest BCUT2D eigenvalue weighted by molar-refractivity contribution is 5.76. The van der Waals surface area contributed by atoms with Gasteiger partial charge in [-0.25, -0.2) is 9.97 Å². The molecule has 0 spiro atoms. The number of para-hydroxylation sites is 2. The van der Waals surface area contributed by atoms with Crippen molar-refractivity contribution in [3.8, 4) is 17.3 Å². The molecule has 34 heavy (non-hydrogen) atoms. The van der Waals surface area contributed by atoms with Crippen molar-refractivity contribution in [3.05, 3.63) is 106 Å². The number of hydrogen-bond acceptors (Lipinski definition) is 6. The van der Waals surface area contributed by atoms with Crippen molar-refractivity contribution in [2.24, 2.45) is 7.05 Å². The third-order valence-corrected chi connectivity index (χ3v) is 5.92. The molecule has 5 aromatic rings. The minimum Gasteiger partial charge on any atom is -0.501 e. The summed E-state index contributed by atoms with van der Waals surface area (Å²) in [5, 5.41) is 10.7. The number of aromatic hydroxyl groups is 1. The van der Waals surface area contributed by atoms with E-state index in [0.29, 0.717) is 17.0 Å². The van der Waals surface area contributed by atoms with Crippen molar-refractivity contribution in [3.63, 3.8) is 0 Å². The van der Waals surface area contributed by atoms with Crippen LogP contribution in [0.15, 0.2) is 88.1 Å². The van der Waals surface area contributed by atoms with Crippen molar-refractivity contribution in [1.82, 2.24) is 14.5 Å². The molecule has 0 aliphatic carbocycles. The topological polar surface area (TPSA) is 84.4 Å². The molecule has 2 heterocycles. The van der Waals surface area contributed by atoms with Crippen LogP contribution in [0, 0.1) is 6.92 Å². The summed E-state index contributed by atoms with van der Waals surface area (Å²) in [4.78, 5) is 24.1. The molecule has 0 radical (unpaired) electrons. The first-order chi connectivity index (χ1) is 16.4. The van der Waals surface area contributed by atoms with Crippen LogP contribution in [0.25, 0.3) is 22.7 Å². The Morgan fingerprint density at radius 1 is 0.941 bits per heavy atom. The van der Waals surface area contributed by atoms with Crippen LogP contribution in [0.2, 0.25) is 0 Å². The summed E-state index contributed by atoms with van der Waals surface area (Å²) < 4.78 is 7.15. The van der Waals surface area contributed by atoms with Crippen molar-refractivity contribution in [1.29, 1.82) is 0 Å².